The standard InChI is InChI=1S/C19H27F2N3O3S/c1-15-6-4-5-9-24(15)18(25)14-22-10-12-23(13-11-22)16-7-2-3-8-17(16)28(26,27)19(20)21/h2-3,7-8,15,19H,4-6,9-14H2,1H3. The number of piperazine rings is 1. The van der Waals surface area contributed by atoms with Crippen LogP contribution in [0.5, 0.6) is 0 Å². The number of likely N-dealkylation sites (tertiary alicyclic amines) is 1. The van der Waals surface area contributed by atoms with Crippen molar-refractivity contribution < 1.29 is 22.0 Å². The summed E-state index contributed by atoms with van der Waals surface area (Å²) in [6, 6.07) is 6.16. The van der Waals surface area contributed by atoms with Crippen molar-refractivity contribution in [1.82, 2.24) is 9.80 Å². The minimum Gasteiger partial charge on any atom is -0.368 e. The molecule has 1 unspecified atom stereocenters. The fraction of sp³-hybridized carbons (Fsp3) is 0.632. The number of amides is 1. The van der Waals surface area contributed by atoms with E-state index >= 15 is 0 Å². The first kappa shape index (κ1) is 21.0. The number of carbonyl (C=O) groups is 1. The first-order valence-electron chi connectivity index (χ1n) is 9.68. The molecule has 0 aliphatic carbocycles. The normalized spacial score (nSPS) is 21.9. The molecule has 2 heterocycles. The highest BCUT2D eigenvalue weighted by molar-refractivity contribution is 7.91. The molecule has 0 N–H and O–H groups in total. The van der Waals surface area contributed by atoms with E-state index in [1.54, 1.807) is 17.0 Å². The maximum absolute atomic E-state index is 13.0. The third-order valence-corrected chi connectivity index (χ3v) is 7.03. The number of nitrogens with zero attached hydrogens (tertiary/aromatic N) is 3. The zero-order chi connectivity index (χ0) is 20.3. The van der Waals surface area contributed by atoms with E-state index in [9.17, 15) is 22.0 Å². The van der Waals surface area contributed by atoms with Crippen LogP contribution in [0.4, 0.5) is 14.5 Å². The molecular formula is C19H27F2N3O3S. The van der Waals surface area contributed by atoms with Gasteiger partial charge in [0.25, 0.3) is 0 Å². The summed E-state index contributed by atoms with van der Waals surface area (Å²) in [5.41, 5.74) is 0.304. The van der Waals surface area contributed by atoms with Crippen molar-refractivity contribution >= 4 is 21.4 Å². The summed E-state index contributed by atoms with van der Waals surface area (Å²) < 4.78 is 50.0. The number of benzene rings is 1. The third kappa shape index (κ3) is 4.46. The molecule has 2 saturated heterocycles. The van der Waals surface area contributed by atoms with Crippen molar-refractivity contribution in [3.8, 4) is 0 Å². The van der Waals surface area contributed by atoms with Crippen molar-refractivity contribution in [1.29, 1.82) is 0 Å². The lowest BCUT2D eigenvalue weighted by molar-refractivity contribution is -0.135. The Kier molecular flexibility index (Phi) is 6.54. The molecular weight excluding hydrogens is 388 g/mol. The Hall–Kier alpha value is -1.74. The molecule has 1 aromatic carbocycles. The average molecular weight is 416 g/mol. The van der Waals surface area contributed by atoms with Gasteiger partial charge >= 0.3 is 5.76 Å². The highest BCUT2D eigenvalue weighted by Crippen LogP contribution is 2.29. The quantitative estimate of drug-likeness (QED) is 0.738. The van der Waals surface area contributed by atoms with Gasteiger partial charge in [-0.2, -0.15) is 8.78 Å². The molecule has 6 nitrogen and oxygen atoms in total. The number of sulfone groups is 1. The van der Waals surface area contributed by atoms with E-state index in [1.807, 2.05) is 9.80 Å². The van der Waals surface area contributed by atoms with Crippen LogP contribution < -0.4 is 4.90 Å². The molecule has 156 valence electrons. The predicted molar refractivity (Wildman–Crippen MR) is 103 cm³/mol. The van der Waals surface area contributed by atoms with Gasteiger partial charge in [0.15, 0.2) is 0 Å². The highest BCUT2D eigenvalue weighted by Gasteiger charge is 2.32. The van der Waals surface area contributed by atoms with Crippen LogP contribution in [-0.4, -0.2) is 75.2 Å². The Morgan fingerprint density at radius 1 is 1.11 bits per heavy atom. The zero-order valence-corrected chi connectivity index (χ0v) is 16.9. The van der Waals surface area contributed by atoms with Crippen LogP contribution in [0.25, 0.3) is 0 Å². The fourth-order valence-corrected chi connectivity index (χ4v) is 4.90. The molecule has 2 aliphatic rings. The smallest absolute Gasteiger partial charge is 0.341 e. The molecule has 0 radical (unpaired) electrons. The number of piperidine rings is 1. The van der Waals surface area contributed by atoms with Gasteiger partial charge in [-0.25, -0.2) is 8.42 Å². The van der Waals surface area contributed by atoms with E-state index in [1.165, 1.54) is 12.1 Å². The number of para-hydroxylation sites is 1. The van der Waals surface area contributed by atoms with Crippen molar-refractivity contribution in [2.24, 2.45) is 0 Å². The van der Waals surface area contributed by atoms with Gasteiger partial charge in [-0.3, -0.25) is 9.69 Å². The molecule has 3 rings (SSSR count). The van der Waals surface area contributed by atoms with Crippen LogP contribution in [0.15, 0.2) is 29.2 Å². The van der Waals surface area contributed by atoms with Gasteiger partial charge in [0, 0.05) is 38.8 Å². The number of halogens is 2. The molecule has 0 saturated carbocycles. The molecule has 1 aromatic rings. The molecule has 2 aliphatic heterocycles. The van der Waals surface area contributed by atoms with E-state index in [2.05, 4.69) is 6.92 Å². The fourth-order valence-electron chi connectivity index (χ4n) is 3.95. The average Bonchev–Trinajstić information content (AvgIpc) is 2.68. The number of anilines is 1. The lowest BCUT2D eigenvalue weighted by Crippen LogP contribution is -2.52. The lowest BCUT2D eigenvalue weighted by atomic mass is 10.0. The SMILES string of the molecule is CC1CCCCN1C(=O)CN1CCN(c2ccccc2S(=O)(=O)C(F)F)CC1. The molecule has 28 heavy (non-hydrogen) atoms. The van der Waals surface area contributed by atoms with Crippen LogP contribution in [0.3, 0.4) is 0 Å². The summed E-state index contributed by atoms with van der Waals surface area (Å²) >= 11 is 0. The van der Waals surface area contributed by atoms with E-state index in [0.717, 1.165) is 25.8 Å². The number of alkyl halides is 2. The monoisotopic (exact) mass is 415 g/mol. The summed E-state index contributed by atoms with van der Waals surface area (Å²) in [7, 11) is -4.66. The summed E-state index contributed by atoms with van der Waals surface area (Å²) in [6.45, 7) is 5.36. The first-order chi connectivity index (χ1) is 13.3. The van der Waals surface area contributed by atoms with Crippen LogP contribution in [0.2, 0.25) is 0 Å². The van der Waals surface area contributed by atoms with Crippen molar-refractivity contribution in [3.05, 3.63) is 24.3 Å². The van der Waals surface area contributed by atoms with Crippen molar-refractivity contribution in [2.45, 2.75) is 42.9 Å². The molecule has 9 heteroatoms. The number of rotatable bonds is 5. The molecule has 0 spiro atoms. The second kappa shape index (κ2) is 8.73. The number of hydrogen-bond acceptors (Lipinski definition) is 5. The van der Waals surface area contributed by atoms with Crippen LogP contribution in [0.1, 0.15) is 26.2 Å². The summed E-state index contributed by atoms with van der Waals surface area (Å²) in [5, 5.41) is 0. The van der Waals surface area contributed by atoms with Gasteiger partial charge in [0.1, 0.15) is 0 Å². The second-order valence-corrected chi connectivity index (χ2v) is 9.35. The minimum atomic E-state index is -4.66. The van der Waals surface area contributed by atoms with Crippen LogP contribution in [-0.2, 0) is 14.6 Å². The predicted octanol–water partition coefficient (Wildman–Crippen LogP) is 2.21. The second-order valence-electron chi connectivity index (χ2n) is 7.47. The Morgan fingerprint density at radius 2 is 1.79 bits per heavy atom. The van der Waals surface area contributed by atoms with E-state index in [4.69, 9.17) is 0 Å². The van der Waals surface area contributed by atoms with Gasteiger partial charge in [-0.05, 0) is 38.3 Å². The first-order valence-corrected chi connectivity index (χ1v) is 11.2. The van der Waals surface area contributed by atoms with Gasteiger partial charge in [-0.1, -0.05) is 12.1 Å². The van der Waals surface area contributed by atoms with E-state index in [-0.39, 0.29) is 16.8 Å². The van der Waals surface area contributed by atoms with Crippen molar-refractivity contribution in [3.63, 3.8) is 0 Å². The molecule has 0 bridgehead atoms. The van der Waals surface area contributed by atoms with Gasteiger partial charge in [0.2, 0.25) is 15.7 Å². The van der Waals surface area contributed by atoms with E-state index < -0.39 is 15.6 Å². The maximum Gasteiger partial charge on any atom is 0.341 e. The van der Waals surface area contributed by atoms with Crippen LogP contribution in [0, 0.1) is 0 Å². The Morgan fingerprint density at radius 3 is 2.43 bits per heavy atom. The highest BCUT2D eigenvalue weighted by atomic mass is 32.2. The topological polar surface area (TPSA) is 60.9 Å². The minimum absolute atomic E-state index is 0.126. The van der Waals surface area contributed by atoms with Crippen LogP contribution >= 0.6 is 0 Å². The molecule has 1 atom stereocenters. The number of hydrogen-bond donors (Lipinski definition) is 0. The number of carbonyl (C=O) groups excluding carboxylic acids is 1. The molecule has 2 fully saturated rings. The Balaban J connectivity index is 1.63. The summed E-state index contributed by atoms with van der Waals surface area (Å²) in [4.78, 5) is 18.1. The van der Waals surface area contributed by atoms with Gasteiger partial charge in [-0.15, -0.1) is 0 Å². The largest absolute Gasteiger partial charge is 0.368 e. The molecule has 0 aromatic heterocycles. The van der Waals surface area contributed by atoms with Gasteiger partial charge in [0.05, 0.1) is 17.1 Å². The summed E-state index contributed by atoms with van der Waals surface area (Å²) in [6.07, 6.45) is 3.23. The summed E-state index contributed by atoms with van der Waals surface area (Å²) in [5.74, 6) is -3.32. The third-order valence-electron chi connectivity index (χ3n) is 5.60. The Labute approximate surface area is 165 Å². The van der Waals surface area contributed by atoms with E-state index in [0.29, 0.717) is 38.4 Å². The molecule has 1 amide bonds. The zero-order valence-electron chi connectivity index (χ0n) is 16.1. The maximum atomic E-state index is 13.0. The Bertz CT molecular complexity index is 795. The lowest BCUT2D eigenvalue weighted by Gasteiger charge is -2.39. The van der Waals surface area contributed by atoms with Gasteiger partial charge < -0.3 is 9.80 Å². The van der Waals surface area contributed by atoms with Crippen molar-refractivity contribution in [2.75, 3.05) is 44.2 Å².